The molecule has 0 N–H and O–H groups in total. The summed E-state index contributed by atoms with van der Waals surface area (Å²) in [5.74, 6) is -0.250. The highest BCUT2D eigenvalue weighted by Crippen LogP contribution is 2.03. The molecule has 72 valence electrons. The van der Waals surface area contributed by atoms with E-state index in [4.69, 9.17) is 4.74 Å². The first kappa shape index (κ1) is 11.6. The van der Waals surface area contributed by atoms with Crippen molar-refractivity contribution in [3.63, 3.8) is 0 Å². The maximum absolute atomic E-state index is 10.4. The minimum atomic E-state index is -0.250. The number of ether oxygens (including phenoxy) is 1. The molecule has 0 aromatic carbocycles. The van der Waals surface area contributed by atoms with E-state index in [1.54, 1.807) is 12.3 Å². The standard InChI is InChI=1S/C10H15NO2/c1-4-7-11-9(2)6-5-8-13-10(3)12/h4,7H,1-2,5-6,8H2,3H3. The molecule has 0 saturated heterocycles. The van der Waals surface area contributed by atoms with Gasteiger partial charge in [-0.1, -0.05) is 19.2 Å². The van der Waals surface area contributed by atoms with E-state index in [0.717, 1.165) is 18.5 Å². The second-order valence-electron chi connectivity index (χ2n) is 2.52. The van der Waals surface area contributed by atoms with Crippen molar-refractivity contribution >= 4 is 12.2 Å². The van der Waals surface area contributed by atoms with Crippen LogP contribution in [0.5, 0.6) is 0 Å². The summed E-state index contributed by atoms with van der Waals surface area (Å²) in [5, 5.41) is 0. The second-order valence-corrected chi connectivity index (χ2v) is 2.52. The molecule has 0 aliphatic carbocycles. The molecule has 0 aromatic heterocycles. The predicted octanol–water partition coefficient (Wildman–Crippen LogP) is 2.10. The quantitative estimate of drug-likeness (QED) is 0.357. The lowest BCUT2D eigenvalue weighted by Crippen LogP contribution is -2.00. The Morgan fingerprint density at radius 1 is 1.62 bits per heavy atom. The van der Waals surface area contributed by atoms with E-state index in [9.17, 15) is 4.79 Å². The summed E-state index contributed by atoms with van der Waals surface area (Å²) in [5.41, 5.74) is 0.770. The second kappa shape index (κ2) is 7.28. The van der Waals surface area contributed by atoms with Crippen molar-refractivity contribution in [2.45, 2.75) is 19.8 Å². The normalized spacial score (nSPS) is 9.92. The fourth-order valence-electron chi connectivity index (χ4n) is 0.715. The van der Waals surface area contributed by atoms with E-state index >= 15 is 0 Å². The van der Waals surface area contributed by atoms with Crippen LogP contribution in [0.4, 0.5) is 0 Å². The molecule has 13 heavy (non-hydrogen) atoms. The third-order valence-electron chi connectivity index (χ3n) is 1.28. The summed E-state index contributed by atoms with van der Waals surface area (Å²) >= 11 is 0. The first-order chi connectivity index (χ1) is 6.16. The number of esters is 1. The van der Waals surface area contributed by atoms with Crippen LogP contribution in [0.15, 0.2) is 29.9 Å². The van der Waals surface area contributed by atoms with Crippen LogP contribution in [-0.4, -0.2) is 18.8 Å². The number of hydrogen-bond acceptors (Lipinski definition) is 3. The van der Waals surface area contributed by atoms with Crippen LogP contribution < -0.4 is 0 Å². The Kier molecular flexibility index (Phi) is 6.51. The molecule has 0 amide bonds. The molecule has 0 aliphatic heterocycles. The van der Waals surface area contributed by atoms with Gasteiger partial charge in [-0.05, 0) is 12.8 Å². The van der Waals surface area contributed by atoms with Crippen LogP contribution in [0.2, 0.25) is 0 Å². The third kappa shape index (κ3) is 8.53. The lowest BCUT2D eigenvalue weighted by atomic mass is 10.3. The highest BCUT2D eigenvalue weighted by Gasteiger charge is 1.94. The van der Waals surface area contributed by atoms with Crippen molar-refractivity contribution in [1.82, 2.24) is 0 Å². The summed E-state index contributed by atoms with van der Waals surface area (Å²) in [6.07, 6.45) is 4.68. The highest BCUT2D eigenvalue weighted by molar-refractivity contribution is 5.71. The number of aliphatic imine (C=N–C) groups is 1. The average Bonchev–Trinajstić information content (AvgIpc) is 2.08. The highest BCUT2D eigenvalue weighted by atomic mass is 16.5. The Labute approximate surface area is 78.8 Å². The monoisotopic (exact) mass is 181 g/mol. The van der Waals surface area contributed by atoms with E-state index in [2.05, 4.69) is 18.2 Å². The van der Waals surface area contributed by atoms with Crippen LogP contribution in [-0.2, 0) is 9.53 Å². The molecule has 3 nitrogen and oxygen atoms in total. The number of allylic oxidation sites excluding steroid dienone is 2. The molecule has 0 fully saturated rings. The summed E-state index contributed by atoms with van der Waals surface area (Å²) in [4.78, 5) is 14.4. The van der Waals surface area contributed by atoms with Gasteiger partial charge in [-0.25, -0.2) is 0 Å². The molecule has 0 rings (SSSR count). The molecule has 0 heterocycles. The number of carbonyl (C=O) groups is 1. The molecule has 0 aromatic rings. The van der Waals surface area contributed by atoms with Crippen LogP contribution in [0.1, 0.15) is 19.8 Å². The van der Waals surface area contributed by atoms with Gasteiger partial charge in [0.15, 0.2) is 0 Å². The van der Waals surface area contributed by atoms with Gasteiger partial charge >= 0.3 is 5.97 Å². The Hall–Kier alpha value is -1.38. The molecule has 0 saturated carbocycles. The van der Waals surface area contributed by atoms with Gasteiger partial charge in [-0.15, -0.1) is 0 Å². The smallest absolute Gasteiger partial charge is 0.302 e. The molecular formula is C10H15NO2. The largest absolute Gasteiger partial charge is 0.466 e. The van der Waals surface area contributed by atoms with Crippen LogP contribution >= 0.6 is 0 Å². The van der Waals surface area contributed by atoms with Crippen LogP contribution in [0.3, 0.4) is 0 Å². The van der Waals surface area contributed by atoms with Crippen molar-refractivity contribution < 1.29 is 9.53 Å². The zero-order valence-corrected chi connectivity index (χ0v) is 7.95. The van der Waals surface area contributed by atoms with Gasteiger partial charge in [0, 0.05) is 18.8 Å². The lowest BCUT2D eigenvalue weighted by molar-refractivity contribution is -0.141. The Morgan fingerprint density at radius 2 is 2.31 bits per heavy atom. The van der Waals surface area contributed by atoms with E-state index in [-0.39, 0.29) is 5.97 Å². The number of carbonyl (C=O) groups excluding carboxylic acids is 1. The first-order valence-electron chi connectivity index (χ1n) is 4.13. The number of nitrogens with zero attached hydrogens (tertiary/aromatic N) is 1. The molecular weight excluding hydrogens is 166 g/mol. The Morgan fingerprint density at radius 3 is 2.85 bits per heavy atom. The Bertz CT molecular complexity index is 219. The zero-order valence-electron chi connectivity index (χ0n) is 7.95. The van der Waals surface area contributed by atoms with Gasteiger partial charge in [0.05, 0.1) is 6.61 Å². The van der Waals surface area contributed by atoms with Crippen molar-refractivity contribution in [2.24, 2.45) is 4.99 Å². The fraction of sp³-hybridized carbons (Fsp3) is 0.400. The van der Waals surface area contributed by atoms with Crippen molar-refractivity contribution in [2.75, 3.05) is 6.61 Å². The van der Waals surface area contributed by atoms with E-state index < -0.39 is 0 Å². The molecule has 0 unspecified atom stereocenters. The topological polar surface area (TPSA) is 38.7 Å². The number of rotatable bonds is 6. The summed E-state index contributed by atoms with van der Waals surface area (Å²) in [7, 11) is 0. The minimum absolute atomic E-state index is 0.250. The van der Waals surface area contributed by atoms with Gasteiger partial charge < -0.3 is 4.74 Å². The minimum Gasteiger partial charge on any atom is -0.466 e. The van der Waals surface area contributed by atoms with E-state index in [1.165, 1.54) is 6.92 Å². The van der Waals surface area contributed by atoms with Gasteiger partial charge in [0.25, 0.3) is 0 Å². The average molecular weight is 181 g/mol. The maximum atomic E-state index is 10.4. The van der Waals surface area contributed by atoms with Gasteiger partial charge in [0.2, 0.25) is 0 Å². The zero-order chi connectivity index (χ0) is 10.1. The van der Waals surface area contributed by atoms with Gasteiger partial charge in [0.1, 0.15) is 0 Å². The molecule has 0 aliphatic rings. The predicted molar refractivity (Wildman–Crippen MR) is 53.7 cm³/mol. The number of hydrogen-bond donors (Lipinski definition) is 0. The fourth-order valence-corrected chi connectivity index (χ4v) is 0.715. The van der Waals surface area contributed by atoms with Crippen molar-refractivity contribution in [1.29, 1.82) is 0 Å². The van der Waals surface area contributed by atoms with Crippen molar-refractivity contribution in [3.8, 4) is 0 Å². The van der Waals surface area contributed by atoms with E-state index in [0.29, 0.717) is 6.61 Å². The summed E-state index contributed by atoms with van der Waals surface area (Å²) in [6, 6.07) is 0. The lowest BCUT2D eigenvalue weighted by Gasteiger charge is -2.00. The van der Waals surface area contributed by atoms with Crippen molar-refractivity contribution in [3.05, 3.63) is 24.9 Å². The molecule has 0 bridgehead atoms. The van der Waals surface area contributed by atoms with E-state index in [1.807, 2.05) is 0 Å². The molecule has 3 heteroatoms. The third-order valence-corrected chi connectivity index (χ3v) is 1.28. The molecule has 0 atom stereocenters. The summed E-state index contributed by atoms with van der Waals surface area (Å²) < 4.78 is 4.74. The molecule has 0 spiro atoms. The molecule has 0 radical (unpaired) electrons. The first-order valence-corrected chi connectivity index (χ1v) is 4.13. The summed E-state index contributed by atoms with van der Waals surface area (Å²) in [6.45, 7) is 9.04. The van der Waals surface area contributed by atoms with Crippen LogP contribution in [0, 0.1) is 0 Å². The van der Waals surface area contributed by atoms with Gasteiger partial charge in [-0.2, -0.15) is 0 Å². The maximum Gasteiger partial charge on any atom is 0.302 e. The Balaban J connectivity index is 3.42. The van der Waals surface area contributed by atoms with Gasteiger partial charge in [-0.3, -0.25) is 9.79 Å². The SMILES string of the molecule is C=CC=NC(=C)CCCOC(C)=O. The van der Waals surface area contributed by atoms with Crippen LogP contribution in [0.25, 0.3) is 0 Å².